The quantitative estimate of drug-likeness (QED) is 0.585. The molecule has 0 unspecified atom stereocenters. The molecule has 0 aromatic rings. The lowest BCUT2D eigenvalue weighted by molar-refractivity contribution is 0.701. The van der Waals surface area contributed by atoms with Crippen molar-refractivity contribution in [3.05, 3.63) is 23.3 Å². The summed E-state index contributed by atoms with van der Waals surface area (Å²) in [5.41, 5.74) is 3.22. The molecule has 0 saturated heterocycles. The molecule has 0 heteroatoms. The van der Waals surface area contributed by atoms with E-state index in [4.69, 9.17) is 0 Å². The van der Waals surface area contributed by atoms with Gasteiger partial charge in [-0.1, -0.05) is 26.0 Å². The number of rotatable bonds is 3. The highest BCUT2D eigenvalue weighted by molar-refractivity contribution is 5.31. The molecule has 1 aliphatic rings. The van der Waals surface area contributed by atoms with Gasteiger partial charge in [0.05, 0.1) is 0 Å². The minimum atomic E-state index is 1.18. The first-order chi connectivity index (χ1) is 5.88. The smallest absolute Gasteiger partial charge is 0.0279 e. The van der Waals surface area contributed by atoms with Gasteiger partial charge in [-0.2, -0.15) is 0 Å². The maximum absolute atomic E-state index is 2.44. The van der Waals surface area contributed by atoms with Crippen molar-refractivity contribution in [1.82, 2.24) is 0 Å². The van der Waals surface area contributed by atoms with E-state index in [0.717, 1.165) is 0 Å². The Morgan fingerprint density at radius 2 is 2.25 bits per heavy atom. The topological polar surface area (TPSA) is 0 Å². The zero-order valence-corrected chi connectivity index (χ0v) is 8.40. The molecule has 68 valence electrons. The Morgan fingerprint density at radius 1 is 1.42 bits per heavy atom. The van der Waals surface area contributed by atoms with Gasteiger partial charge in [-0.05, 0) is 49.7 Å². The third kappa shape index (κ3) is 2.51. The van der Waals surface area contributed by atoms with Crippen LogP contribution in [0.3, 0.4) is 0 Å². The number of hydrogen-bond donors (Lipinski definition) is 0. The summed E-state index contributed by atoms with van der Waals surface area (Å²) in [6.07, 6.45) is 12.6. The molecule has 12 heavy (non-hydrogen) atoms. The Kier molecular flexibility index (Phi) is 4.13. The van der Waals surface area contributed by atoms with Crippen molar-refractivity contribution in [2.45, 2.75) is 52.4 Å². The van der Waals surface area contributed by atoms with E-state index >= 15 is 0 Å². The zero-order chi connectivity index (χ0) is 8.81. The van der Waals surface area contributed by atoms with E-state index in [0.29, 0.717) is 0 Å². The fraction of sp³-hybridized carbons (Fsp3) is 0.667. The molecule has 0 spiro atoms. The molecule has 1 aliphatic carbocycles. The van der Waals surface area contributed by atoms with Gasteiger partial charge in [-0.15, -0.1) is 0 Å². The highest BCUT2D eigenvalue weighted by Crippen LogP contribution is 2.25. The molecule has 0 N–H and O–H groups in total. The fourth-order valence-electron chi connectivity index (χ4n) is 1.88. The van der Waals surface area contributed by atoms with E-state index in [-0.39, 0.29) is 0 Å². The molecule has 0 radical (unpaired) electrons. The summed E-state index contributed by atoms with van der Waals surface area (Å²) in [4.78, 5) is 0. The van der Waals surface area contributed by atoms with Gasteiger partial charge in [-0.3, -0.25) is 0 Å². The lowest BCUT2D eigenvalue weighted by Crippen LogP contribution is -1.95. The van der Waals surface area contributed by atoms with Gasteiger partial charge in [0.2, 0.25) is 0 Å². The molecule has 0 nitrogen and oxygen atoms in total. The predicted molar refractivity (Wildman–Crippen MR) is 55.2 cm³/mol. The molecule has 0 amide bonds. The van der Waals surface area contributed by atoms with Crippen LogP contribution in [0.15, 0.2) is 23.3 Å². The van der Waals surface area contributed by atoms with Gasteiger partial charge in [-0.25, -0.2) is 0 Å². The summed E-state index contributed by atoms with van der Waals surface area (Å²) in [5, 5.41) is 0. The van der Waals surface area contributed by atoms with Crippen LogP contribution in [0.1, 0.15) is 52.4 Å². The molecule has 0 aliphatic heterocycles. The SMILES string of the molecule is CCC=C(CC)C1=CCCCC1. The second kappa shape index (κ2) is 5.18. The summed E-state index contributed by atoms with van der Waals surface area (Å²) < 4.78 is 0. The van der Waals surface area contributed by atoms with Crippen LogP contribution in [-0.2, 0) is 0 Å². The summed E-state index contributed by atoms with van der Waals surface area (Å²) in [6.45, 7) is 4.48. The van der Waals surface area contributed by atoms with Crippen LogP contribution in [0.5, 0.6) is 0 Å². The Hall–Kier alpha value is -0.520. The van der Waals surface area contributed by atoms with E-state index in [9.17, 15) is 0 Å². The lowest BCUT2D eigenvalue weighted by atomic mass is 9.92. The average molecular weight is 164 g/mol. The van der Waals surface area contributed by atoms with Crippen molar-refractivity contribution in [3.63, 3.8) is 0 Å². The molecular formula is C12H20. The Morgan fingerprint density at radius 3 is 2.75 bits per heavy atom. The Bertz CT molecular complexity index is 178. The van der Waals surface area contributed by atoms with Crippen LogP contribution in [0.2, 0.25) is 0 Å². The Balaban J connectivity index is 2.64. The third-order valence-corrected chi connectivity index (χ3v) is 2.53. The van der Waals surface area contributed by atoms with Crippen LogP contribution >= 0.6 is 0 Å². The molecule has 0 saturated carbocycles. The van der Waals surface area contributed by atoms with E-state index < -0.39 is 0 Å². The van der Waals surface area contributed by atoms with Crippen molar-refractivity contribution < 1.29 is 0 Å². The van der Waals surface area contributed by atoms with Crippen LogP contribution in [0.4, 0.5) is 0 Å². The van der Waals surface area contributed by atoms with Gasteiger partial charge in [0, 0.05) is 0 Å². The molecule has 0 fully saturated rings. The summed E-state index contributed by atoms with van der Waals surface area (Å²) in [5.74, 6) is 0. The molecule has 0 bridgehead atoms. The first kappa shape index (κ1) is 9.57. The first-order valence-electron chi connectivity index (χ1n) is 5.27. The van der Waals surface area contributed by atoms with Crippen LogP contribution in [0, 0.1) is 0 Å². The maximum Gasteiger partial charge on any atom is -0.0279 e. The number of allylic oxidation sites excluding steroid dienone is 4. The van der Waals surface area contributed by atoms with Crippen molar-refractivity contribution in [1.29, 1.82) is 0 Å². The third-order valence-electron chi connectivity index (χ3n) is 2.53. The van der Waals surface area contributed by atoms with Crippen LogP contribution in [0.25, 0.3) is 0 Å². The molecule has 0 aromatic carbocycles. The second-order valence-corrected chi connectivity index (χ2v) is 3.47. The molecule has 0 heterocycles. The van der Waals surface area contributed by atoms with E-state index in [1.54, 1.807) is 11.1 Å². The molecule has 0 aromatic heterocycles. The van der Waals surface area contributed by atoms with Gasteiger partial charge >= 0.3 is 0 Å². The Labute approximate surface area is 76.4 Å². The van der Waals surface area contributed by atoms with Gasteiger partial charge in [0.25, 0.3) is 0 Å². The van der Waals surface area contributed by atoms with Crippen molar-refractivity contribution in [2.24, 2.45) is 0 Å². The van der Waals surface area contributed by atoms with Gasteiger partial charge < -0.3 is 0 Å². The maximum atomic E-state index is 2.44. The minimum absolute atomic E-state index is 1.18. The average Bonchev–Trinajstić information content (AvgIpc) is 2.15. The predicted octanol–water partition coefficient (Wildman–Crippen LogP) is 4.23. The molecule has 0 atom stereocenters. The summed E-state index contributed by atoms with van der Waals surface area (Å²) in [7, 11) is 0. The van der Waals surface area contributed by atoms with E-state index in [1.807, 2.05) is 0 Å². The minimum Gasteiger partial charge on any atom is -0.0813 e. The highest BCUT2D eigenvalue weighted by Gasteiger charge is 2.06. The van der Waals surface area contributed by atoms with Crippen LogP contribution in [-0.4, -0.2) is 0 Å². The second-order valence-electron chi connectivity index (χ2n) is 3.47. The molecule has 1 rings (SSSR count). The van der Waals surface area contributed by atoms with Crippen molar-refractivity contribution >= 4 is 0 Å². The van der Waals surface area contributed by atoms with E-state index in [1.165, 1.54) is 38.5 Å². The normalized spacial score (nSPS) is 19.2. The first-order valence-corrected chi connectivity index (χ1v) is 5.27. The zero-order valence-electron chi connectivity index (χ0n) is 8.40. The van der Waals surface area contributed by atoms with Gasteiger partial charge in [0.15, 0.2) is 0 Å². The largest absolute Gasteiger partial charge is 0.0813 e. The summed E-state index contributed by atoms with van der Waals surface area (Å²) in [6, 6.07) is 0. The van der Waals surface area contributed by atoms with E-state index in [2.05, 4.69) is 26.0 Å². The van der Waals surface area contributed by atoms with Gasteiger partial charge in [0.1, 0.15) is 0 Å². The monoisotopic (exact) mass is 164 g/mol. The van der Waals surface area contributed by atoms with Crippen molar-refractivity contribution in [2.75, 3.05) is 0 Å². The standard InChI is InChI=1S/C12H20/c1-3-8-11(4-2)12-9-6-5-7-10-12/h8-9H,3-7,10H2,1-2H3. The fourth-order valence-corrected chi connectivity index (χ4v) is 1.88. The van der Waals surface area contributed by atoms with Crippen LogP contribution < -0.4 is 0 Å². The summed E-state index contributed by atoms with van der Waals surface area (Å²) >= 11 is 0. The lowest BCUT2D eigenvalue weighted by Gasteiger charge is -2.14. The highest BCUT2D eigenvalue weighted by atomic mass is 14.1. The number of hydrogen-bond acceptors (Lipinski definition) is 0. The molecular weight excluding hydrogens is 144 g/mol. The van der Waals surface area contributed by atoms with Crippen molar-refractivity contribution in [3.8, 4) is 0 Å².